The van der Waals surface area contributed by atoms with E-state index in [1.54, 1.807) is 17.1 Å². The number of halogens is 2. The smallest absolute Gasteiger partial charge is 0.141 e. The predicted molar refractivity (Wildman–Crippen MR) is 113 cm³/mol. The van der Waals surface area contributed by atoms with Crippen LogP contribution < -0.4 is 4.74 Å². The van der Waals surface area contributed by atoms with E-state index in [1.807, 2.05) is 6.07 Å². The first-order valence-corrected chi connectivity index (χ1v) is 10.1. The molecule has 0 saturated carbocycles. The summed E-state index contributed by atoms with van der Waals surface area (Å²) >= 11 is 12.4. The molecule has 1 unspecified atom stereocenters. The second-order valence-corrected chi connectivity index (χ2v) is 8.67. The summed E-state index contributed by atoms with van der Waals surface area (Å²) in [5.41, 5.74) is 1.56. The van der Waals surface area contributed by atoms with Crippen LogP contribution in [-0.4, -0.2) is 38.9 Å². The number of ether oxygens (including phenoxy) is 2. The monoisotopic (exact) mass is 438 g/mol. The van der Waals surface area contributed by atoms with E-state index in [0.717, 1.165) is 17.0 Å². The van der Waals surface area contributed by atoms with E-state index >= 15 is 0 Å². The second-order valence-electron chi connectivity index (χ2n) is 7.83. The van der Waals surface area contributed by atoms with Crippen LogP contribution in [0.25, 0.3) is 5.70 Å². The zero-order valence-electron chi connectivity index (χ0n) is 16.6. The number of rotatable bonds is 7. The van der Waals surface area contributed by atoms with Gasteiger partial charge in [0.2, 0.25) is 0 Å². The molecule has 1 atom stereocenters. The van der Waals surface area contributed by atoms with Gasteiger partial charge in [0.05, 0.1) is 17.3 Å². The van der Waals surface area contributed by atoms with Crippen molar-refractivity contribution in [3.05, 3.63) is 46.2 Å². The zero-order chi connectivity index (χ0) is 21.0. The highest BCUT2D eigenvalue weighted by atomic mass is 35.5. The van der Waals surface area contributed by atoms with E-state index in [0.29, 0.717) is 41.7 Å². The van der Waals surface area contributed by atoms with Gasteiger partial charge in [-0.1, -0.05) is 44.0 Å². The summed E-state index contributed by atoms with van der Waals surface area (Å²) in [4.78, 5) is 4.09. The Morgan fingerprint density at radius 2 is 2.21 bits per heavy atom. The predicted octanol–water partition coefficient (Wildman–Crippen LogP) is 5.06. The molecule has 0 radical (unpaired) electrons. The molecule has 0 spiro atoms. The molecule has 2 aromatic rings. The molecule has 3 rings (SSSR count). The Kier molecular flexibility index (Phi) is 6.70. The van der Waals surface area contributed by atoms with Crippen molar-refractivity contribution in [2.75, 3.05) is 6.61 Å². The molecule has 0 fully saturated rings. The van der Waals surface area contributed by atoms with Gasteiger partial charge in [0.25, 0.3) is 0 Å². The van der Waals surface area contributed by atoms with E-state index in [-0.39, 0.29) is 11.5 Å². The quantitative estimate of drug-likeness (QED) is 0.214. The minimum absolute atomic E-state index is 0.139. The van der Waals surface area contributed by atoms with Crippen molar-refractivity contribution in [3.8, 4) is 5.75 Å². The van der Waals surface area contributed by atoms with Crippen molar-refractivity contribution < 1.29 is 14.7 Å². The average molecular weight is 439 g/mol. The summed E-state index contributed by atoms with van der Waals surface area (Å²) in [6.45, 7) is 6.59. The van der Waals surface area contributed by atoms with E-state index in [2.05, 4.69) is 36.0 Å². The van der Waals surface area contributed by atoms with E-state index < -0.39 is 0 Å². The Morgan fingerprint density at radius 3 is 2.86 bits per heavy atom. The Labute approximate surface area is 179 Å². The molecule has 1 aromatic heterocycles. The molecule has 9 heteroatoms. The van der Waals surface area contributed by atoms with Crippen molar-refractivity contribution in [3.63, 3.8) is 0 Å². The first-order chi connectivity index (χ1) is 13.8. The zero-order valence-corrected chi connectivity index (χ0v) is 18.1. The molecule has 29 heavy (non-hydrogen) atoms. The highest BCUT2D eigenvalue weighted by Crippen LogP contribution is 2.41. The number of hydrogen-bond acceptors (Lipinski definition) is 6. The lowest BCUT2D eigenvalue weighted by molar-refractivity contribution is 0.154. The lowest BCUT2D eigenvalue weighted by Crippen LogP contribution is -2.22. The molecule has 1 aliphatic rings. The van der Waals surface area contributed by atoms with Crippen LogP contribution in [-0.2, 0) is 11.2 Å². The van der Waals surface area contributed by atoms with Crippen LogP contribution in [0.15, 0.2) is 35.7 Å². The van der Waals surface area contributed by atoms with Crippen molar-refractivity contribution in [1.82, 2.24) is 14.8 Å². The highest BCUT2D eigenvalue weighted by molar-refractivity contribution is 6.35. The molecular formula is C20H24Cl2N4O3. The molecule has 7 nitrogen and oxygen atoms in total. The third-order valence-corrected chi connectivity index (χ3v) is 4.95. The van der Waals surface area contributed by atoms with Gasteiger partial charge in [-0.3, -0.25) is 0 Å². The lowest BCUT2D eigenvalue weighted by atomic mass is 9.90. The van der Waals surface area contributed by atoms with E-state index in [9.17, 15) is 0 Å². The molecule has 2 heterocycles. The number of aromatic nitrogens is 3. The minimum Gasteiger partial charge on any atom is -0.495 e. The van der Waals surface area contributed by atoms with Crippen LogP contribution in [0.5, 0.6) is 5.75 Å². The van der Waals surface area contributed by atoms with E-state index in [1.165, 1.54) is 12.5 Å². The Balaban J connectivity index is 1.91. The summed E-state index contributed by atoms with van der Waals surface area (Å²) in [6.07, 6.45) is 6.11. The molecule has 0 bridgehead atoms. The van der Waals surface area contributed by atoms with Gasteiger partial charge in [-0.2, -0.15) is 5.10 Å². The van der Waals surface area contributed by atoms with Gasteiger partial charge >= 0.3 is 0 Å². The number of benzene rings is 1. The van der Waals surface area contributed by atoms with E-state index in [4.69, 9.17) is 37.9 Å². The first-order valence-electron chi connectivity index (χ1n) is 9.31. The van der Waals surface area contributed by atoms with Crippen molar-refractivity contribution in [1.29, 1.82) is 0 Å². The molecule has 1 aliphatic heterocycles. The Bertz CT molecular complexity index is 905. The maximum Gasteiger partial charge on any atom is 0.141 e. The number of oxime groups is 1. The van der Waals surface area contributed by atoms with Crippen LogP contribution in [0.2, 0.25) is 10.0 Å². The van der Waals surface area contributed by atoms with Crippen LogP contribution in [0.4, 0.5) is 0 Å². The van der Waals surface area contributed by atoms with Crippen LogP contribution in [0.3, 0.4) is 0 Å². The van der Waals surface area contributed by atoms with Gasteiger partial charge in [-0.25, -0.2) is 9.67 Å². The fraction of sp³-hybridized carbons (Fsp3) is 0.450. The Morgan fingerprint density at radius 1 is 1.41 bits per heavy atom. The second kappa shape index (κ2) is 9.05. The third kappa shape index (κ3) is 5.22. The lowest BCUT2D eigenvalue weighted by Gasteiger charge is -2.27. The fourth-order valence-electron chi connectivity index (χ4n) is 3.32. The standard InChI is InChI=1S/C20H24Cl2N4O3/c1-20(2,3)19(28-6-4-5-25-27)17(26-12-23-11-24-26)10-15-8-13-7-14(21)9-16(22)18(13)29-15/h5,7,9,11-12,15,27H,4,6,8,10H2,1-3H3. The maximum absolute atomic E-state index is 8.61. The maximum atomic E-state index is 8.61. The highest BCUT2D eigenvalue weighted by Gasteiger charge is 2.31. The van der Waals surface area contributed by atoms with Crippen LogP contribution >= 0.6 is 23.2 Å². The fourth-order valence-corrected chi connectivity index (χ4v) is 3.90. The summed E-state index contributed by atoms with van der Waals surface area (Å²) in [7, 11) is 0. The SMILES string of the molecule is CC(C)(C)C(OCCC=NO)=C(CC1Cc2cc(Cl)cc(Cl)c2O1)n1cncn1. The average Bonchev–Trinajstić information content (AvgIpc) is 3.28. The van der Waals surface area contributed by atoms with Gasteiger partial charge in [0.15, 0.2) is 0 Å². The van der Waals surface area contributed by atoms with Gasteiger partial charge < -0.3 is 14.7 Å². The summed E-state index contributed by atoms with van der Waals surface area (Å²) in [6, 6.07) is 3.57. The first kappa shape index (κ1) is 21.5. The number of allylic oxidation sites excluding steroid dienone is 1. The number of hydrogen-bond donors (Lipinski definition) is 1. The largest absolute Gasteiger partial charge is 0.495 e. The third-order valence-electron chi connectivity index (χ3n) is 4.45. The summed E-state index contributed by atoms with van der Waals surface area (Å²) in [5, 5.41) is 17.0. The normalized spacial score (nSPS) is 17.2. The summed E-state index contributed by atoms with van der Waals surface area (Å²) in [5.74, 6) is 1.45. The van der Waals surface area contributed by atoms with Gasteiger partial charge in [0.1, 0.15) is 30.3 Å². The van der Waals surface area contributed by atoms with Crippen molar-refractivity contribution in [2.24, 2.45) is 10.6 Å². The molecule has 0 saturated heterocycles. The van der Waals surface area contributed by atoms with Gasteiger partial charge in [-0.15, -0.1) is 5.16 Å². The van der Waals surface area contributed by atoms with Gasteiger partial charge in [0, 0.05) is 41.5 Å². The van der Waals surface area contributed by atoms with Gasteiger partial charge in [-0.05, 0) is 12.1 Å². The molecule has 0 aliphatic carbocycles. The molecule has 1 aromatic carbocycles. The van der Waals surface area contributed by atoms with Crippen LogP contribution in [0, 0.1) is 5.41 Å². The molecular weight excluding hydrogens is 415 g/mol. The topological polar surface area (TPSA) is 81.8 Å². The minimum atomic E-state index is -0.288. The number of nitrogens with zero attached hydrogens (tertiary/aromatic N) is 4. The molecule has 0 amide bonds. The molecule has 156 valence electrons. The van der Waals surface area contributed by atoms with Crippen LogP contribution in [0.1, 0.15) is 39.2 Å². The van der Waals surface area contributed by atoms with Crippen molar-refractivity contribution in [2.45, 2.75) is 46.1 Å². The van der Waals surface area contributed by atoms with Crippen molar-refractivity contribution >= 4 is 35.1 Å². The Hall–Kier alpha value is -2.25. The molecule has 1 N–H and O–H groups in total. The number of fused-ring (bicyclic) bond motifs is 1. The summed E-state index contributed by atoms with van der Waals surface area (Å²) < 4.78 is 14.0.